The number of rotatable bonds is 9. The molecule has 0 fully saturated rings. The molecule has 0 saturated carbocycles. The molecule has 0 heterocycles. The summed E-state index contributed by atoms with van der Waals surface area (Å²) >= 11 is 0. The lowest BCUT2D eigenvalue weighted by Gasteiger charge is -2.27. The number of hydrogen-bond acceptors (Lipinski definition) is 4. The third-order valence-electron chi connectivity index (χ3n) is 3.20. The zero-order valence-corrected chi connectivity index (χ0v) is 14.3. The summed E-state index contributed by atoms with van der Waals surface area (Å²) in [4.78, 5) is 0. The first kappa shape index (κ1) is 22.6. The molecule has 0 aliphatic heterocycles. The van der Waals surface area contributed by atoms with Crippen molar-refractivity contribution in [2.75, 3.05) is 13.7 Å². The Bertz CT molecular complexity index is 688. The molecule has 0 aliphatic rings. The smallest absolute Gasteiger partial charge is 0.462 e. The fourth-order valence-corrected chi connectivity index (χ4v) is 1.96. The van der Waals surface area contributed by atoms with Crippen LogP contribution in [0.25, 0.3) is 0 Å². The third-order valence-corrected chi connectivity index (χ3v) is 3.20. The molecule has 0 unspecified atom stereocenters. The summed E-state index contributed by atoms with van der Waals surface area (Å²) in [6.45, 7) is 5.58. The molecule has 11 heteroatoms. The van der Waals surface area contributed by atoms with Gasteiger partial charge in [-0.25, -0.2) is 5.43 Å². The van der Waals surface area contributed by atoms with E-state index in [1.54, 1.807) is 6.92 Å². The molecular weight excluding hydrogens is 385 g/mol. The molecule has 0 spiro atoms. The average molecular weight is 402 g/mol. The number of hydrazone groups is 1. The van der Waals surface area contributed by atoms with E-state index in [2.05, 4.69) is 11.7 Å². The van der Waals surface area contributed by atoms with Gasteiger partial charge in [0, 0.05) is 5.56 Å². The number of hydrogen-bond donors (Lipinski definition) is 1. The van der Waals surface area contributed by atoms with Crippen LogP contribution in [0.3, 0.4) is 0 Å². The van der Waals surface area contributed by atoms with Crippen LogP contribution in [0.5, 0.6) is 11.5 Å². The third kappa shape index (κ3) is 5.04. The van der Waals surface area contributed by atoms with Crippen LogP contribution in [0.4, 0.5) is 30.7 Å². The van der Waals surface area contributed by atoms with Gasteiger partial charge in [0.1, 0.15) is 0 Å². The van der Waals surface area contributed by atoms with Crippen LogP contribution in [0.1, 0.15) is 18.1 Å². The van der Waals surface area contributed by atoms with E-state index in [4.69, 9.17) is 9.47 Å². The largest absolute Gasteiger partial charge is 0.493 e. The van der Waals surface area contributed by atoms with Gasteiger partial charge in [-0.05, 0) is 31.0 Å². The Balaban J connectivity index is 3.14. The lowest BCUT2D eigenvalue weighted by atomic mass is 10.1. The van der Waals surface area contributed by atoms with Crippen LogP contribution in [0.15, 0.2) is 29.9 Å². The number of methoxy groups -OCH3 is 1. The van der Waals surface area contributed by atoms with E-state index in [-0.39, 0.29) is 11.3 Å². The molecule has 4 nitrogen and oxygen atoms in total. The summed E-state index contributed by atoms with van der Waals surface area (Å²) in [5.41, 5.74) is 1.19. The monoisotopic (exact) mass is 402 g/mol. The van der Waals surface area contributed by atoms with E-state index < -0.39 is 18.1 Å². The standard InChI is InChI=1S/C16H17F7N2O2/c1-4-6-11-7-10(8-12(26-3)13(11)27-5-2)9-24-25-16(22,23)14(17,18)15(19,20)21/h4,7-9,25H,1,5-6H2,2-3H3/b24-9+. The second kappa shape index (κ2) is 8.49. The minimum absolute atomic E-state index is 0.103. The first-order valence-electron chi connectivity index (χ1n) is 7.48. The van der Waals surface area contributed by atoms with E-state index in [0.29, 0.717) is 36.0 Å². The van der Waals surface area contributed by atoms with Crippen molar-refractivity contribution in [1.29, 1.82) is 0 Å². The summed E-state index contributed by atoms with van der Waals surface area (Å²) in [5, 5.41) is 2.82. The van der Waals surface area contributed by atoms with Gasteiger partial charge >= 0.3 is 18.1 Å². The first-order chi connectivity index (χ1) is 12.4. The van der Waals surface area contributed by atoms with Gasteiger partial charge < -0.3 is 9.47 Å². The van der Waals surface area contributed by atoms with Crippen molar-refractivity contribution in [3.63, 3.8) is 0 Å². The van der Waals surface area contributed by atoms with Crippen LogP contribution in [0, 0.1) is 0 Å². The first-order valence-corrected chi connectivity index (χ1v) is 7.48. The molecule has 0 aliphatic carbocycles. The van der Waals surface area contributed by atoms with Crippen molar-refractivity contribution >= 4 is 6.21 Å². The highest BCUT2D eigenvalue weighted by atomic mass is 19.4. The van der Waals surface area contributed by atoms with Gasteiger partial charge in [-0.3, -0.25) is 0 Å². The molecule has 1 rings (SSSR count). The van der Waals surface area contributed by atoms with E-state index in [0.717, 1.165) is 0 Å². The fraction of sp³-hybridized carbons (Fsp3) is 0.438. The van der Waals surface area contributed by atoms with Crippen molar-refractivity contribution in [2.24, 2.45) is 5.10 Å². The van der Waals surface area contributed by atoms with Crippen molar-refractivity contribution < 1.29 is 40.2 Å². The molecule has 1 N–H and O–H groups in total. The zero-order chi connectivity index (χ0) is 20.9. The van der Waals surface area contributed by atoms with Gasteiger partial charge in [-0.2, -0.15) is 35.8 Å². The van der Waals surface area contributed by atoms with Gasteiger partial charge in [0.25, 0.3) is 0 Å². The second-order valence-corrected chi connectivity index (χ2v) is 5.15. The Labute approximate surface area is 150 Å². The van der Waals surface area contributed by atoms with Crippen molar-refractivity contribution in [1.82, 2.24) is 5.43 Å². The number of alkyl halides is 7. The zero-order valence-electron chi connectivity index (χ0n) is 14.3. The van der Waals surface area contributed by atoms with Crippen LogP contribution in [-0.4, -0.2) is 38.1 Å². The van der Waals surface area contributed by atoms with Crippen LogP contribution >= 0.6 is 0 Å². The highest BCUT2D eigenvalue weighted by Gasteiger charge is 2.73. The molecule has 152 valence electrons. The minimum atomic E-state index is -6.45. The molecule has 1 aromatic carbocycles. The van der Waals surface area contributed by atoms with Crippen molar-refractivity contribution in [2.45, 2.75) is 31.5 Å². The topological polar surface area (TPSA) is 42.9 Å². The van der Waals surface area contributed by atoms with Crippen LogP contribution in [-0.2, 0) is 6.42 Å². The van der Waals surface area contributed by atoms with E-state index in [1.807, 2.05) is 0 Å². The van der Waals surface area contributed by atoms with Gasteiger partial charge in [0.05, 0.1) is 19.9 Å². The van der Waals surface area contributed by atoms with E-state index >= 15 is 0 Å². The predicted molar refractivity (Wildman–Crippen MR) is 84.7 cm³/mol. The summed E-state index contributed by atoms with van der Waals surface area (Å²) in [5.74, 6) is -5.74. The minimum Gasteiger partial charge on any atom is -0.493 e. The molecule has 1 aromatic rings. The van der Waals surface area contributed by atoms with Gasteiger partial charge in [-0.15, -0.1) is 6.58 Å². The Kier molecular flexibility index (Phi) is 7.10. The highest BCUT2D eigenvalue weighted by molar-refractivity contribution is 5.81. The lowest BCUT2D eigenvalue weighted by molar-refractivity contribution is -0.361. The molecule has 0 saturated heterocycles. The van der Waals surface area contributed by atoms with Crippen LogP contribution in [0.2, 0.25) is 0 Å². The Hall–Kier alpha value is -2.46. The summed E-state index contributed by atoms with van der Waals surface area (Å²) in [6, 6.07) is -2.93. The van der Waals surface area contributed by atoms with E-state index in [9.17, 15) is 30.7 Å². The van der Waals surface area contributed by atoms with Crippen LogP contribution < -0.4 is 14.9 Å². The number of nitrogens with one attached hydrogen (secondary N) is 1. The number of halogens is 7. The van der Waals surface area contributed by atoms with Gasteiger partial charge in [0.15, 0.2) is 11.5 Å². The summed E-state index contributed by atoms with van der Waals surface area (Å²) in [7, 11) is 1.31. The molecule has 0 radical (unpaired) electrons. The number of ether oxygens (including phenoxy) is 2. The summed E-state index contributed by atoms with van der Waals surface area (Å²) < 4.78 is 98.7. The molecule has 0 atom stereocenters. The normalized spacial score (nSPS) is 12.9. The maximum atomic E-state index is 13.2. The SMILES string of the molecule is C=CCc1cc(/C=N/NC(F)(F)C(F)(F)C(F)(F)F)cc(OC)c1OCC. The number of allylic oxidation sites excluding steroid dienone is 1. The highest BCUT2D eigenvalue weighted by Crippen LogP contribution is 2.45. The van der Waals surface area contributed by atoms with Gasteiger partial charge in [0.2, 0.25) is 0 Å². The Morgan fingerprint density at radius 2 is 1.78 bits per heavy atom. The second-order valence-electron chi connectivity index (χ2n) is 5.15. The maximum absolute atomic E-state index is 13.2. The number of benzene rings is 1. The molecule has 0 aromatic heterocycles. The average Bonchev–Trinajstić information content (AvgIpc) is 2.55. The van der Waals surface area contributed by atoms with E-state index in [1.165, 1.54) is 25.3 Å². The maximum Gasteiger partial charge on any atom is 0.462 e. The molecular formula is C16H17F7N2O2. The summed E-state index contributed by atoms with van der Waals surface area (Å²) in [6.07, 6.45) is -3.97. The lowest BCUT2D eigenvalue weighted by Crippen LogP contribution is -2.58. The van der Waals surface area contributed by atoms with Crippen molar-refractivity contribution in [3.8, 4) is 11.5 Å². The Morgan fingerprint density at radius 3 is 2.26 bits per heavy atom. The predicted octanol–water partition coefficient (Wildman–Crippen LogP) is 4.54. The molecule has 0 bridgehead atoms. The molecule has 0 amide bonds. The quantitative estimate of drug-likeness (QED) is 0.217. The Morgan fingerprint density at radius 1 is 1.15 bits per heavy atom. The fourth-order valence-electron chi connectivity index (χ4n) is 1.96. The van der Waals surface area contributed by atoms with Crippen molar-refractivity contribution in [3.05, 3.63) is 35.9 Å². The molecule has 27 heavy (non-hydrogen) atoms. The van der Waals surface area contributed by atoms with Gasteiger partial charge in [-0.1, -0.05) is 6.08 Å². The number of nitrogens with zero attached hydrogens (tertiary/aromatic N) is 1.